The lowest BCUT2D eigenvalue weighted by Gasteiger charge is -2.40. The number of rotatable bonds is 3. The number of aromatic nitrogens is 1. The van der Waals surface area contributed by atoms with Crippen molar-refractivity contribution in [1.82, 2.24) is 9.88 Å². The average molecular weight is 457 g/mol. The molecule has 0 spiro atoms. The third kappa shape index (κ3) is 3.48. The smallest absolute Gasteiger partial charge is 0.316 e. The number of allylic oxidation sites excluding steroid dienone is 1. The van der Waals surface area contributed by atoms with Crippen LogP contribution >= 0.6 is 11.6 Å². The lowest BCUT2D eigenvalue weighted by atomic mass is 9.92. The summed E-state index contributed by atoms with van der Waals surface area (Å²) in [5, 5.41) is 9.54. The number of ketones is 1. The number of carbonyl (C=O) groups excluding carboxylic acids is 2. The maximum absolute atomic E-state index is 13.4. The van der Waals surface area contributed by atoms with Gasteiger partial charge in [0, 0.05) is 37.2 Å². The van der Waals surface area contributed by atoms with Crippen LogP contribution in [0.15, 0.2) is 52.8 Å². The van der Waals surface area contributed by atoms with E-state index in [0.717, 1.165) is 6.26 Å². The number of anilines is 1. The molecule has 0 saturated heterocycles. The van der Waals surface area contributed by atoms with Gasteiger partial charge in [-0.1, -0.05) is 17.7 Å². The molecule has 2 amide bonds. The number of nitriles is 1. The summed E-state index contributed by atoms with van der Waals surface area (Å²) >= 11 is 6.05. The second kappa shape index (κ2) is 7.48. The topological polar surface area (TPSA) is 111 Å². The Morgan fingerprint density at radius 3 is 2.58 bits per heavy atom. The van der Waals surface area contributed by atoms with Crippen LogP contribution in [0.2, 0.25) is 5.02 Å². The summed E-state index contributed by atoms with van der Waals surface area (Å²) in [6.07, 6.45) is 4.50. The van der Waals surface area contributed by atoms with Gasteiger partial charge in [0.1, 0.15) is 0 Å². The number of carbonyl (C=O) groups is 2. The van der Waals surface area contributed by atoms with Crippen LogP contribution in [0.1, 0.15) is 30.0 Å². The van der Waals surface area contributed by atoms with E-state index in [2.05, 4.69) is 4.98 Å². The van der Waals surface area contributed by atoms with E-state index in [1.54, 1.807) is 6.07 Å². The minimum absolute atomic E-state index is 0.0828. The van der Waals surface area contributed by atoms with Crippen molar-refractivity contribution in [1.29, 1.82) is 5.26 Å². The molecule has 0 radical (unpaired) electrons. The summed E-state index contributed by atoms with van der Waals surface area (Å²) in [4.78, 5) is 33.0. The maximum atomic E-state index is 13.4. The maximum Gasteiger partial charge on any atom is 0.329 e. The summed E-state index contributed by atoms with van der Waals surface area (Å²) in [7, 11) is -2.23. The van der Waals surface area contributed by atoms with Gasteiger partial charge in [-0.05, 0) is 30.2 Å². The Morgan fingerprint density at radius 1 is 1.19 bits per heavy atom. The molecule has 0 N–H and O–H groups in total. The van der Waals surface area contributed by atoms with E-state index in [1.165, 1.54) is 47.4 Å². The third-order valence-electron chi connectivity index (χ3n) is 5.41. The first-order valence-electron chi connectivity index (χ1n) is 9.31. The van der Waals surface area contributed by atoms with Crippen molar-refractivity contribution in [2.24, 2.45) is 0 Å². The number of pyridine rings is 1. The first-order chi connectivity index (χ1) is 14.6. The van der Waals surface area contributed by atoms with Crippen molar-refractivity contribution in [2.75, 3.05) is 18.2 Å². The molecule has 1 aromatic carbocycles. The van der Waals surface area contributed by atoms with Gasteiger partial charge in [0.2, 0.25) is 0 Å². The summed E-state index contributed by atoms with van der Waals surface area (Å²) in [6, 6.07) is 6.43. The minimum atomic E-state index is -3.74. The number of halogens is 1. The SMILES string of the molecule is CN1C(=O)N(c2cncc(Cl)c2)C2=C(C(=O)CC2)C1c1ccc(C#N)cc1S(C)(=O)=O. The lowest BCUT2D eigenvalue weighted by Crippen LogP contribution is -2.48. The highest BCUT2D eigenvalue weighted by molar-refractivity contribution is 7.90. The van der Waals surface area contributed by atoms with Crippen LogP contribution in [0, 0.1) is 11.3 Å². The molecule has 0 bridgehead atoms. The van der Waals surface area contributed by atoms with Gasteiger partial charge in [0.05, 0.1) is 39.5 Å². The number of Topliss-reactive ketones (excluding diaryl/α,β-unsaturated/α-hetero) is 1. The largest absolute Gasteiger partial charge is 0.329 e. The Balaban J connectivity index is 1.97. The molecule has 2 aromatic rings. The van der Waals surface area contributed by atoms with Crippen LogP contribution in [-0.4, -0.2) is 43.4 Å². The summed E-state index contributed by atoms with van der Waals surface area (Å²) < 4.78 is 25.0. The molecule has 0 fully saturated rings. The van der Waals surface area contributed by atoms with Crippen molar-refractivity contribution in [2.45, 2.75) is 23.8 Å². The van der Waals surface area contributed by atoms with Gasteiger partial charge in [-0.15, -0.1) is 0 Å². The van der Waals surface area contributed by atoms with Crippen LogP contribution in [0.5, 0.6) is 0 Å². The summed E-state index contributed by atoms with van der Waals surface area (Å²) in [6.45, 7) is 0. The molecule has 31 heavy (non-hydrogen) atoms. The molecular formula is C21H17ClN4O4S. The molecule has 2 aliphatic rings. The number of benzene rings is 1. The van der Waals surface area contributed by atoms with Crippen molar-refractivity contribution in [3.8, 4) is 6.07 Å². The van der Waals surface area contributed by atoms with E-state index in [4.69, 9.17) is 11.6 Å². The molecule has 1 unspecified atom stereocenters. The highest BCUT2D eigenvalue weighted by Crippen LogP contribution is 2.45. The average Bonchev–Trinajstić information content (AvgIpc) is 3.09. The zero-order valence-electron chi connectivity index (χ0n) is 16.7. The number of hydrogen-bond donors (Lipinski definition) is 0. The Bertz CT molecular complexity index is 1310. The third-order valence-corrected chi connectivity index (χ3v) is 6.77. The predicted molar refractivity (Wildman–Crippen MR) is 113 cm³/mol. The van der Waals surface area contributed by atoms with Crippen molar-refractivity contribution >= 4 is 38.9 Å². The van der Waals surface area contributed by atoms with Crippen molar-refractivity contribution in [3.05, 3.63) is 64.1 Å². The van der Waals surface area contributed by atoms with E-state index >= 15 is 0 Å². The highest BCUT2D eigenvalue weighted by Gasteiger charge is 2.45. The molecule has 1 aliphatic heterocycles. The Morgan fingerprint density at radius 2 is 1.94 bits per heavy atom. The molecule has 0 saturated carbocycles. The standard InChI is InChI=1S/C21H17ClN4O4S/c1-25-20(15-4-3-12(9-23)7-18(15)31(2,29)30)19-16(5-6-17(19)27)26(21(25)28)14-8-13(22)10-24-11-14/h3-4,7-8,10-11,20H,5-6H2,1-2H3. The number of nitrogens with zero attached hydrogens (tertiary/aromatic N) is 4. The first-order valence-corrected chi connectivity index (χ1v) is 11.6. The lowest BCUT2D eigenvalue weighted by molar-refractivity contribution is -0.115. The van der Waals surface area contributed by atoms with E-state index < -0.39 is 21.9 Å². The van der Waals surface area contributed by atoms with Gasteiger partial charge in [-0.2, -0.15) is 5.26 Å². The van der Waals surface area contributed by atoms with Gasteiger partial charge in [-0.25, -0.2) is 13.2 Å². The number of sulfone groups is 1. The van der Waals surface area contributed by atoms with Crippen LogP contribution in [0.4, 0.5) is 10.5 Å². The molecule has 1 aromatic heterocycles. The molecule has 8 nitrogen and oxygen atoms in total. The number of hydrogen-bond acceptors (Lipinski definition) is 6. The van der Waals surface area contributed by atoms with E-state index in [9.17, 15) is 23.3 Å². The molecule has 2 heterocycles. The van der Waals surface area contributed by atoms with Gasteiger partial charge < -0.3 is 4.90 Å². The fourth-order valence-electron chi connectivity index (χ4n) is 4.09. The van der Waals surface area contributed by atoms with Gasteiger partial charge in [0.15, 0.2) is 15.6 Å². The van der Waals surface area contributed by atoms with Crippen LogP contribution in [0.25, 0.3) is 0 Å². The number of likely N-dealkylation sites (N-methyl/N-ethyl adjacent to an activating group) is 1. The monoisotopic (exact) mass is 456 g/mol. The number of urea groups is 1. The molecular weight excluding hydrogens is 440 g/mol. The predicted octanol–water partition coefficient (Wildman–Crippen LogP) is 3.24. The minimum Gasteiger partial charge on any atom is -0.316 e. The van der Waals surface area contributed by atoms with Gasteiger partial charge in [0.25, 0.3) is 0 Å². The van der Waals surface area contributed by atoms with E-state index in [0.29, 0.717) is 28.4 Å². The summed E-state index contributed by atoms with van der Waals surface area (Å²) in [5.41, 5.74) is 1.74. The first kappa shape index (κ1) is 21.0. The molecule has 1 aliphatic carbocycles. The highest BCUT2D eigenvalue weighted by atomic mass is 35.5. The second-order valence-corrected chi connectivity index (χ2v) is 9.83. The normalized spacial score (nSPS) is 19.0. The van der Waals surface area contributed by atoms with Crippen molar-refractivity contribution in [3.63, 3.8) is 0 Å². The van der Waals surface area contributed by atoms with Crippen LogP contribution < -0.4 is 4.90 Å². The van der Waals surface area contributed by atoms with Crippen molar-refractivity contribution < 1.29 is 18.0 Å². The Kier molecular flexibility index (Phi) is 5.07. The quantitative estimate of drug-likeness (QED) is 0.700. The fourth-order valence-corrected chi connectivity index (χ4v) is 5.20. The molecule has 158 valence electrons. The number of amides is 2. The molecule has 4 rings (SSSR count). The Hall–Kier alpha value is -3.22. The molecule has 10 heteroatoms. The van der Waals surface area contributed by atoms with E-state index in [-0.39, 0.29) is 28.2 Å². The Labute approximate surface area is 184 Å². The van der Waals surface area contributed by atoms with Gasteiger partial charge in [-0.3, -0.25) is 14.7 Å². The second-order valence-electron chi connectivity index (χ2n) is 7.41. The van der Waals surface area contributed by atoms with Crippen LogP contribution in [0.3, 0.4) is 0 Å². The molecule has 1 atom stereocenters. The van der Waals surface area contributed by atoms with Gasteiger partial charge >= 0.3 is 6.03 Å². The fraction of sp³-hybridized carbons (Fsp3) is 0.238. The van der Waals surface area contributed by atoms with E-state index in [1.807, 2.05) is 6.07 Å². The zero-order valence-corrected chi connectivity index (χ0v) is 18.2. The van der Waals surface area contributed by atoms with Crippen LogP contribution in [-0.2, 0) is 14.6 Å². The zero-order chi connectivity index (χ0) is 22.5. The summed E-state index contributed by atoms with van der Waals surface area (Å²) in [5.74, 6) is -0.164.